The number of aromatic amines is 1. The summed E-state index contributed by atoms with van der Waals surface area (Å²) in [6.07, 6.45) is 1.93. The average molecular weight is 263 g/mol. The molecule has 0 aliphatic heterocycles. The zero-order chi connectivity index (χ0) is 13.5. The molecule has 5 heteroatoms. The zero-order valence-corrected chi connectivity index (χ0v) is 11.5. The summed E-state index contributed by atoms with van der Waals surface area (Å²) in [4.78, 5) is 7.86. The fourth-order valence-corrected chi connectivity index (χ4v) is 1.96. The SMILES string of the molecule is COCCCNCCc1nc2ccc(OC)cc2[nH]1. The molecule has 2 aromatic rings. The Labute approximate surface area is 113 Å². The first kappa shape index (κ1) is 13.8. The summed E-state index contributed by atoms with van der Waals surface area (Å²) in [5.74, 6) is 1.85. The number of ether oxygens (including phenoxy) is 2. The molecule has 0 unspecified atom stereocenters. The minimum atomic E-state index is 0.803. The van der Waals surface area contributed by atoms with Crippen molar-refractivity contribution in [3.8, 4) is 5.75 Å². The third-order valence-corrected chi connectivity index (χ3v) is 2.98. The summed E-state index contributed by atoms with van der Waals surface area (Å²) in [5.41, 5.74) is 2.00. The van der Waals surface area contributed by atoms with Crippen LogP contribution in [0.3, 0.4) is 0 Å². The van der Waals surface area contributed by atoms with Crippen molar-refractivity contribution < 1.29 is 9.47 Å². The highest BCUT2D eigenvalue weighted by atomic mass is 16.5. The van der Waals surface area contributed by atoms with E-state index >= 15 is 0 Å². The highest BCUT2D eigenvalue weighted by Crippen LogP contribution is 2.18. The molecule has 0 fully saturated rings. The summed E-state index contributed by atoms with van der Waals surface area (Å²) < 4.78 is 10.2. The third-order valence-electron chi connectivity index (χ3n) is 2.98. The summed E-state index contributed by atoms with van der Waals surface area (Å²) in [7, 11) is 3.39. The Bertz CT molecular complexity index is 510. The van der Waals surface area contributed by atoms with Crippen LogP contribution in [0.4, 0.5) is 0 Å². The maximum absolute atomic E-state index is 5.20. The molecule has 0 bridgehead atoms. The number of hydrogen-bond acceptors (Lipinski definition) is 4. The van der Waals surface area contributed by atoms with Crippen LogP contribution in [0.15, 0.2) is 18.2 Å². The van der Waals surface area contributed by atoms with Crippen molar-refractivity contribution in [1.29, 1.82) is 0 Å². The van der Waals surface area contributed by atoms with Crippen LogP contribution in [0.25, 0.3) is 11.0 Å². The van der Waals surface area contributed by atoms with E-state index in [0.717, 1.165) is 55.1 Å². The maximum atomic E-state index is 5.20. The van der Waals surface area contributed by atoms with Gasteiger partial charge in [0, 0.05) is 32.7 Å². The lowest BCUT2D eigenvalue weighted by Gasteiger charge is -2.02. The molecular weight excluding hydrogens is 242 g/mol. The van der Waals surface area contributed by atoms with Crippen molar-refractivity contribution in [1.82, 2.24) is 15.3 Å². The van der Waals surface area contributed by atoms with E-state index in [2.05, 4.69) is 15.3 Å². The van der Waals surface area contributed by atoms with Crippen molar-refractivity contribution in [2.45, 2.75) is 12.8 Å². The molecule has 0 saturated carbocycles. The molecule has 0 atom stereocenters. The molecular formula is C14H21N3O2. The smallest absolute Gasteiger partial charge is 0.121 e. The molecule has 1 heterocycles. The Morgan fingerprint density at radius 2 is 2.16 bits per heavy atom. The van der Waals surface area contributed by atoms with Crippen molar-refractivity contribution in [2.24, 2.45) is 0 Å². The molecule has 0 aliphatic rings. The molecule has 0 saturated heterocycles. The van der Waals surface area contributed by atoms with Gasteiger partial charge < -0.3 is 19.8 Å². The second-order valence-corrected chi connectivity index (χ2v) is 4.41. The molecule has 104 valence electrons. The van der Waals surface area contributed by atoms with Crippen molar-refractivity contribution in [3.05, 3.63) is 24.0 Å². The zero-order valence-electron chi connectivity index (χ0n) is 11.5. The Kier molecular flexibility index (Phi) is 5.18. The molecule has 0 amide bonds. The van der Waals surface area contributed by atoms with Crippen molar-refractivity contribution in [3.63, 3.8) is 0 Å². The lowest BCUT2D eigenvalue weighted by atomic mass is 10.3. The summed E-state index contributed by atoms with van der Waals surface area (Å²) >= 11 is 0. The molecule has 5 nitrogen and oxygen atoms in total. The fourth-order valence-electron chi connectivity index (χ4n) is 1.96. The number of hydrogen-bond donors (Lipinski definition) is 2. The highest BCUT2D eigenvalue weighted by Gasteiger charge is 2.03. The van der Waals surface area contributed by atoms with Crippen LogP contribution < -0.4 is 10.1 Å². The molecule has 0 aliphatic carbocycles. The predicted molar refractivity (Wildman–Crippen MR) is 75.7 cm³/mol. The number of nitrogens with zero attached hydrogens (tertiary/aromatic N) is 1. The highest BCUT2D eigenvalue weighted by molar-refractivity contribution is 5.76. The largest absolute Gasteiger partial charge is 0.497 e. The summed E-state index contributed by atoms with van der Waals surface area (Å²) in [6.45, 7) is 2.69. The van der Waals surface area contributed by atoms with Crippen LogP contribution in [-0.2, 0) is 11.2 Å². The van der Waals surface area contributed by atoms with Crippen LogP contribution in [0.2, 0.25) is 0 Å². The van der Waals surface area contributed by atoms with Gasteiger partial charge in [-0.2, -0.15) is 0 Å². The first-order chi connectivity index (χ1) is 9.33. The van der Waals surface area contributed by atoms with Gasteiger partial charge in [-0.25, -0.2) is 4.98 Å². The van der Waals surface area contributed by atoms with Crippen LogP contribution in [-0.4, -0.2) is 43.9 Å². The van der Waals surface area contributed by atoms with Gasteiger partial charge in [-0.1, -0.05) is 0 Å². The van der Waals surface area contributed by atoms with Gasteiger partial charge in [0.05, 0.1) is 18.1 Å². The lowest BCUT2D eigenvalue weighted by Crippen LogP contribution is -2.19. The molecule has 19 heavy (non-hydrogen) atoms. The standard InChI is InChI=1S/C14H21N3O2/c1-18-9-3-7-15-8-6-14-16-12-5-4-11(19-2)10-13(12)17-14/h4-5,10,15H,3,6-9H2,1-2H3,(H,16,17). The van der Waals surface area contributed by atoms with Crippen molar-refractivity contribution >= 4 is 11.0 Å². The van der Waals surface area contributed by atoms with E-state index in [1.54, 1.807) is 14.2 Å². The monoisotopic (exact) mass is 263 g/mol. The van der Waals surface area contributed by atoms with Crippen LogP contribution in [0.1, 0.15) is 12.2 Å². The molecule has 0 radical (unpaired) electrons. The van der Waals surface area contributed by atoms with Gasteiger partial charge in [0.2, 0.25) is 0 Å². The number of H-pyrrole nitrogens is 1. The quantitative estimate of drug-likeness (QED) is 0.712. The van der Waals surface area contributed by atoms with E-state index in [1.807, 2.05) is 18.2 Å². The maximum Gasteiger partial charge on any atom is 0.121 e. The molecule has 2 N–H and O–H groups in total. The summed E-state index contributed by atoms with van der Waals surface area (Å²) in [5, 5.41) is 3.37. The molecule has 1 aromatic heterocycles. The number of benzene rings is 1. The van der Waals surface area contributed by atoms with Gasteiger partial charge in [-0.3, -0.25) is 0 Å². The normalized spacial score (nSPS) is 11.1. The van der Waals surface area contributed by atoms with E-state index < -0.39 is 0 Å². The van der Waals surface area contributed by atoms with Gasteiger partial charge in [0.1, 0.15) is 11.6 Å². The van der Waals surface area contributed by atoms with Gasteiger partial charge in [-0.05, 0) is 25.1 Å². The summed E-state index contributed by atoms with van der Waals surface area (Å²) in [6, 6.07) is 5.87. The Morgan fingerprint density at radius 3 is 2.95 bits per heavy atom. The second-order valence-electron chi connectivity index (χ2n) is 4.41. The molecule has 0 spiro atoms. The van der Waals surface area contributed by atoms with E-state index in [-0.39, 0.29) is 0 Å². The number of fused-ring (bicyclic) bond motifs is 1. The van der Waals surface area contributed by atoms with Crippen LogP contribution >= 0.6 is 0 Å². The molecule has 2 rings (SSSR count). The lowest BCUT2D eigenvalue weighted by molar-refractivity contribution is 0.194. The predicted octanol–water partition coefficient (Wildman–Crippen LogP) is 1.74. The average Bonchev–Trinajstić information content (AvgIpc) is 2.84. The fraction of sp³-hybridized carbons (Fsp3) is 0.500. The first-order valence-electron chi connectivity index (χ1n) is 6.56. The number of aromatic nitrogens is 2. The Balaban J connectivity index is 1.84. The van der Waals surface area contributed by atoms with E-state index in [1.165, 1.54) is 0 Å². The third kappa shape index (κ3) is 3.94. The number of nitrogens with one attached hydrogen (secondary N) is 2. The van der Waals surface area contributed by atoms with Gasteiger partial charge in [0.15, 0.2) is 0 Å². The number of imidazole rings is 1. The van der Waals surface area contributed by atoms with E-state index in [9.17, 15) is 0 Å². The van der Waals surface area contributed by atoms with E-state index in [4.69, 9.17) is 9.47 Å². The Morgan fingerprint density at radius 1 is 1.26 bits per heavy atom. The minimum Gasteiger partial charge on any atom is -0.497 e. The number of rotatable bonds is 8. The Hall–Kier alpha value is -1.59. The van der Waals surface area contributed by atoms with Gasteiger partial charge in [-0.15, -0.1) is 0 Å². The second kappa shape index (κ2) is 7.11. The first-order valence-corrected chi connectivity index (χ1v) is 6.56. The van der Waals surface area contributed by atoms with Crippen LogP contribution in [0.5, 0.6) is 5.75 Å². The van der Waals surface area contributed by atoms with Crippen molar-refractivity contribution in [2.75, 3.05) is 33.9 Å². The minimum absolute atomic E-state index is 0.803. The molecule has 1 aromatic carbocycles. The van der Waals surface area contributed by atoms with Crippen LogP contribution in [0, 0.1) is 0 Å². The van der Waals surface area contributed by atoms with E-state index in [0.29, 0.717) is 0 Å². The number of methoxy groups -OCH3 is 2. The topological polar surface area (TPSA) is 59.2 Å². The van der Waals surface area contributed by atoms with Gasteiger partial charge >= 0.3 is 0 Å². The van der Waals surface area contributed by atoms with Gasteiger partial charge in [0.25, 0.3) is 0 Å².